The number of rotatable bonds is 10. The van der Waals surface area contributed by atoms with Crippen LogP contribution in [0, 0.1) is 5.82 Å². The molecule has 7 nitrogen and oxygen atoms in total. The number of carbonyl (C=O) groups excluding carboxylic acids is 2. The van der Waals surface area contributed by atoms with Gasteiger partial charge in [-0.2, -0.15) is 0 Å². The molecule has 0 saturated carbocycles. The van der Waals surface area contributed by atoms with E-state index in [4.69, 9.17) is 23.2 Å². The molecule has 0 aromatic heterocycles. The molecule has 1 unspecified atom stereocenters. The van der Waals surface area contributed by atoms with Gasteiger partial charge in [-0.15, -0.1) is 0 Å². The van der Waals surface area contributed by atoms with Crippen LogP contribution in [0.1, 0.15) is 25.8 Å². The second-order valence-corrected chi connectivity index (χ2v) is 10.2. The first-order chi connectivity index (χ1) is 15.4. The van der Waals surface area contributed by atoms with Crippen LogP contribution in [0.3, 0.4) is 0 Å². The van der Waals surface area contributed by atoms with Crippen molar-refractivity contribution in [3.8, 4) is 0 Å². The predicted molar refractivity (Wildman–Crippen MR) is 128 cm³/mol. The molecule has 1 atom stereocenters. The van der Waals surface area contributed by atoms with E-state index in [1.54, 1.807) is 25.1 Å². The number of halogens is 3. The molecule has 33 heavy (non-hydrogen) atoms. The Balaban J connectivity index is 2.38. The fraction of sp³-hybridized carbons (Fsp3) is 0.364. The van der Waals surface area contributed by atoms with E-state index >= 15 is 0 Å². The van der Waals surface area contributed by atoms with Crippen molar-refractivity contribution < 1.29 is 22.4 Å². The molecule has 0 aliphatic carbocycles. The van der Waals surface area contributed by atoms with Crippen molar-refractivity contribution in [1.82, 2.24) is 10.2 Å². The van der Waals surface area contributed by atoms with Gasteiger partial charge in [0.05, 0.1) is 22.0 Å². The highest BCUT2D eigenvalue weighted by Gasteiger charge is 2.30. The van der Waals surface area contributed by atoms with Gasteiger partial charge in [0.2, 0.25) is 21.8 Å². The average molecular weight is 518 g/mol. The Morgan fingerprint density at radius 1 is 1.09 bits per heavy atom. The zero-order valence-electron chi connectivity index (χ0n) is 18.5. The summed E-state index contributed by atoms with van der Waals surface area (Å²) in [5.74, 6) is -1.53. The Kier molecular flexibility index (Phi) is 9.51. The minimum atomic E-state index is -3.88. The molecule has 2 aromatic rings. The highest BCUT2D eigenvalue weighted by atomic mass is 35.5. The van der Waals surface area contributed by atoms with Crippen LogP contribution in [0.4, 0.5) is 10.1 Å². The minimum Gasteiger partial charge on any atom is -0.354 e. The van der Waals surface area contributed by atoms with Gasteiger partial charge < -0.3 is 10.2 Å². The van der Waals surface area contributed by atoms with Gasteiger partial charge in [-0.1, -0.05) is 36.2 Å². The molecular formula is C22H26Cl2FN3O4S. The summed E-state index contributed by atoms with van der Waals surface area (Å²) in [5, 5.41) is 3.37. The van der Waals surface area contributed by atoms with Crippen molar-refractivity contribution in [2.45, 2.75) is 32.9 Å². The van der Waals surface area contributed by atoms with Gasteiger partial charge in [0.1, 0.15) is 18.4 Å². The maximum atomic E-state index is 13.3. The molecule has 0 heterocycles. The number of hydrogen-bond donors (Lipinski definition) is 1. The smallest absolute Gasteiger partial charge is 0.244 e. The first-order valence-electron chi connectivity index (χ1n) is 10.2. The molecule has 2 rings (SSSR count). The highest BCUT2D eigenvalue weighted by molar-refractivity contribution is 7.92. The predicted octanol–water partition coefficient (Wildman–Crippen LogP) is 3.84. The standard InChI is InChI=1S/C22H26Cl2FN3O4S/c1-4-11-26-22(30)15(2)27(13-16-5-10-19(23)20(24)12-16)21(29)14-28(33(3,31)32)18-8-6-17(25)7-9-18/h5-10,12,15H,4,11,13-14H2,1-3H3,(H,26,30). The average Bonchev–Trinajstić information content (AvgIpc) is 2.75. The molecule has 11 heteroatoms. The first kappa shape index (κ1) is 26.9. The summed E-state index contributed by atoms with van der Waals surface area (Å²) in [6, 6.07) is 8.67. The number of carbonyl (C=O) groups is 2. The van der Waals surface area contributed by atoms with Crippen LogP contribution in [-0.4, -0.2) is 50.5 Å². The lowest BCUT2D eigenvalue weighted by Gasteiger charge is -2.31. The normalized spacial score (nSPS) is 12.2. The first-order valence-corrected chi connectivity index (χ1v) is 12.8. The zero-order valence-corrected chi connectivity index (χ0v) is 20.8. The number of nitrogens with zero attached hydrogens (tertiary/aromatic N) is 2. The van der Waals surface area contributed by atoms with Crippen molar-refractivity contribution in [3.63, 3.8) is 0 Å². The summed E-state index contributed by atoms with van der Waals surface area (Å²) in [6.07, 6.45) is 1.66. The van der Waals surface area contributed by atoms with Gasteiger partial charge in [0.15, 0.2) is 0 Å². The molecule has 0 radical (unpaired) electrons. The van der Waals surface area contributed by atoms with E-state index in [1.807, 2.05) is 6.92 Å². The summed E-state index contributed by atoms with van der Waals surface area (Å²) in [7, 11) is -3.88. The summed E-state index contributed by atoms with van der Waals surface area (Å²) in [6.45, 7) is 3.32. The van der Waals surface area contributed by atoms with Crippen molar-refractivity contribution in [2.24, 2.45) is 0 Å². The Hall–Kier alpha value is -2.36. The molecule has 0 bridgehead atoms. The summed E-state index contributed by atoms with van der Waals surface area (Å²) in [4.78, 5) is 27.2. The summed E-state index contributed by atoms with van der Waals surface area (Å²) >= 11 is 12.1. The van der Waals surface area contributed by atoms with Crippen LogP contribution in [0.5, 0.6) is 0 Å². The van der Waals surface area contributed by atoms with Crippen LogP contribution in [-0.2, 0) is 26.2 Å². The molecule has 2 aromatic carbocycles. The third-order valence-corrected chi connectivity index (χ3v) is 6.73. The number of amides is 2. The van der Waals surface area contributed by atoms with Gasteiger partial charge in [-0.25, -0.2) is 12.8 Å². The highest BCUT2D eigenvalue weighted by Crippen LogP contribution is 2.24. The van der Waals surface area contributed by atoms with E-state index in [2.05, 4.69) is 5.32 Å². The summed E-state index contributed by atoms with van der Waals surface area (Å²) < 4.78 is 39.0. The second-order valence-electron chi connectivity index (χ2n) is 7.48. The van der Waals surface area contributed by atoms with E-state index in [0.717, 1.165) is 22.7 Å². The van der Waals surface area contributed by atoms with Crippen LogP contribution in [0.2, 0.25) is 10.0 Å². The molecule has 0 saturated heterocycles. The SMILES string of the molecule is CCCNC(=O)C(C)N(Cc1ccc(Cl)c(Cl)c1)C(=O)CN(c1ccc(F)cc1)S(C)(=O)=O. The Bertz CT molecular complexity index is 1100. The lowest BCUT2D eigenvalue weighted by Crippen LogP contribution is -2.51. The number of hydrogen-bond acceptors (Lipinski definition) is 4. The van der Waals surface area contributed by atoms with Crippen LogP contribution in [0.15, 0.2) is 42.5 Å². The number of anilines is 1. The van der Waals surface area contributed by atoms with Crippen molar-refractivity contribution in [3.05, 3.63) is 63.9 Å². The van der Waals surface area contributed by atoms with Gasteiger partial charge in [-0.05, 0) is 55.3 Å². The van der Waals surface area contributed by atoms with E-state index in [1.165, 1.54) is 17.0 Å². The zero-order chi connectivity index (χ0) is 24.8. The second kappa shape index (κ2) is 11.7. The van der Waals surface area contributed by atoms with E-state index in [-0.39, 0.29) is 23.2 Å². The van der Waals surface area contributed by atoms with Gasteiger partial charge in [0, 0.05) is 13.1 Å². The fourth-order valence-corrected chi connectivity index (χ4v) is 4.20. The van der Waals surface area contributed by atoms with Gasteiger partial charge in [-0.3, -0.25) is 13.9 Å². The van der Waals surface area contributed by atoms with E-state index < -0.39 is 34.3 Å². The van der Waals surface area contributed by atoms with Crippen LogP contribution in [0.25, 0.3) is 0 Å². The maximum absolute atomic E-state index is 13.3. The maximum Gasteiger partial charge on any atom is 0.244 e. The van der Waals surface area contributed by atoms with Gasteiger partial charge in [0.25, 0.3) is 0 Å². The Morgan fingerprint density at radius 3 is 2.27 bits per heavy atom. The molecular weight excluding hydrogens is 492 g/mol. The molecule has 2 amide bonds. The Morgan fingerprint density at radius 2 is 1.73 bits per heavy atom. The monoisotopic (exact) mass is 517 g/mol. The van der Waals surface area contributed by atoms with E-state index in [0.29, 0.717) is 23.6 Å². The lowest BCUT2D eigenvalue weighted by atomic mass is 10.1. The lowest BCUT2D eigenvalue weighted by molar-refractivity contribution is -0.139. The molecule has 0 spiro atoms. The van der Waals surface area contributed by atoms with Crippen molar-refractivity contribution in [2.75, 3.05) is 23.7 Å². The van der Waals surface area contributed by atoms with Crippen molar-refractivity contribution >= 4 is 50.7 Å². The summed E-state index contributed by atoms with van der Waals surface area (Å²) in [5.41, 5.74) is 0.741. The molecule has 180 valence electrons. The Labute approximate surface area is 203 Å². The topological polar surface area (TPSA) is 86.8 Å². The third kappa shape index (κ3) is 7.58. The van der Waals surface area contributed by atoms with Crippen molar-refractivity contribution in [1.29, 1.82) is 0 Å². The number of sulfonamides is 1. The number of benzene rings is 2. The van der Waals surface area contributed by atoms with E-state index in [9.17, 15) is 22.4 Å². The molecule has 0 aliphatic heterocycles. The van der Waals surface area contributed by atoms with Crippen LogP contribution < -0.4 is 9.62 Å². The quantitative estimate of drug-likeness (QED) is 0.518. The van der Waals surface area contributed by atoms with Crippen LogP contribution >= 0.6 is 23.2 Å². The number of nitrogens with one attached hydrogen (secondary N) is 1. The minimum absolute atomic E-state index is 0.00253. The fourth-order valence-electron chi connectivity index (χ4n) is 3.03. The molecule has 0 fully saturated rings. The largest absolute Gasteiger partial charge is 0.354 e. The molecule has 0 aliphatic rings. The van der Waals surface area contributed by atoms with Gasteiger partial charge >= 0.3 is 0 Å². The third-order valence-electron chi connectivity index (χ3n) is 4.85. The molecule has 1 N–H and O–H groups in total.